The first-order valence-corrected chi connectivity index (χ1v) is 8.92. The second-order valence-electron chi connectivity index (χ2n) is 6.06. The summed E-state index contributed by atoms with van der Waals surface area (Å²) >= 11 is 1.60. The first-order chi connectivity index (χ1) is 11.2. The standard InChI is InChI=1S/C15H22N2O2S.C2H4O2/c1-15(2,20-3)13(16)14(18)17-9-10-4-5-12-11(8-10)6-7-19-12;1-2(3)4/h4-5,8,13H,6-7,9,16H2,1-3H3,(H,17,18);1H3,(H,3,4)/t13-;/m1./s1. The monoisotopic (exact) mass is 354 g/mol. The Morgan fingerprint density at radius 1 is 1.46 bits per heavy atom. The summed E-state index contributed by atoms with van der Waals surface area (Å²) in [5.74, 6) is 0.0152. The maximum absolute atomic E-state index is 12.1. The molecule has 2 rings (SSSR count). The molecule has 0 aromatic heterocycles. The van der Waals surface area contributed by atoms with E-state index in [9.17, 15) is 4.79 Å². The molecule has 24 heavy (non-hydrogen) atoms. The van der Waals surface area contributed by atoms with E-state index < -0.39 is 12.0 Å². The molecule has 1 heterocycles. The predicted molar refractivity (Wildman–Crippen MR) is 96.4 cm³/mol. The number of carboxylic acid groups (broad SMARTS) is 1. The molecule has 6 nitrogen and oxygen atoms in total. The first-order valence-electron chi connectivity index (χ1n) is 7.70. The van der Waals surface area contributed by atoms with Gasteiger partial charge in [0.1, 0.15) is 5.75 Å². The molecule has 4 N–H and O–H groups in total. The van der Waals surface area contributed by atoms with Crippen molar-refractivity contribution in [2.24, 2.45) is 5.73 Å². The number of nitrogens with two attached hydrogens (primary N) is 1. The van der Waals surface area contributed by atoms with Crippen LogP contribution in [-0.2, 0) is 22.6 Å². The Balaban J connectivity index is 0.000000648. The number of carbonyl (C=O) groups excluding carboxylic acids is 1. The molecule has 0 bridgehead atoms. The molecule has 1 amide bonds. The molecule has 134 valence electrons. The van der Waals surface area contributed by atoms with Gasteiger partial charge in [0.05, 0.1) is 12.6 Å². The van der Waals surface area contributed by atoms with Crippen molar-refractivity contribution in [3.8, 4) is 5.75 Å². The molecule has 1 aliphatic rings. The van der Waals surface area contributed by atoms with E-state index in [1.165, 1.54) is 5.56 Å². The van der Waals surface area contributed by atoms with Gasteiger partial charge in [-0.25, -0.2) is 0 Å². The Bertz CT molecular complexity index is 586. The van der Waals surface area contributed by atoms with Gasteiger partial charge in [-0.15, -0.1) is 0 Å². The molecule has 0 radical (unpaired) electrons. The van der Waals surface area contributed by atoms with E-state index in [0.29, 0.717) is 6.54 Å². The van der Waals surface area contributed by atoms with Gasteiger partial charge in [-0.2, -0.15) is 11.8 Å². The fraction of sp³-hybridized carbons (Fsp3) is 0.529. The van der Waals surface area contributed by atoms with Crippen LogP contribution in [0.3, 0.4) is 0 Å². The van der Waals surface area contributed by atoms with Crippen molar-refractivity contribution in [3.63, 3.8) is 0 Å². The lowest BCUT2D eigenvalue weighted by atomic mass is 10.0. The van der Waals surface area contributed by atoms with Crippen molar-refractivity contribution in [1.29, 1.82) is 0 Å². The van der Waals surface area contributed by atoms with E-state index in [0.717, 1.165) is 31.3 Å². The molecule has 0 spiro atoms. The number of thioether (sulfide) groups is 1. The van der Waals surface area contributed by atoms with Crippen molar-refractivity contribution in [2.75, 3.05) is 12.9 Å². The minimum Gasteiger partial charge on any atom is -0.493 e. The van der Waals surface area contributed by atoms with Crippen LogP contribution in [0.25, 0.3) is 0 Å². The molecule has 1 aromatic carbocycles. The largest absolute Gasteiger partial charge is 0.493 e. The molecular formula is C17H26N2O4S. The summed E-state index contributed by atoms with van der Waals surface area (Å²) in [4.78, 5) is 21.1. The fourth-order valence-electron chi connectivity index (χ4n) is 2.09. The van der Waals surface area contributed by atoms with Crippen molar-refractivity contribution < 1.29 is 19.4 Å². The zero-order valence-corrected chi connectivity index (χ0v) is 15.4. The number of hydrogen-bond acceptors (Lipinski definition) is 5. The number of ether oxygens (including phenoxy) is 1. The molecule has 0 aliphatic carbocycles. The van der Waals surface area contributed by atoms with E-state index in [-0.39, 0.29) is 10.7 Å². The normalized spacial score (nSPS) is 13.9. The van der Waals surface area contributed by atoms with Crippen LogP contribution in [0, 0.1) is 0 Å². The summed E-state index contributed by atoms with van der Waals surface area (Å²) in [7, 11) is 0. The number of aliphatic carboxylic acids is 1. The van der Waals surface area contributed by atoms with Gasteiger partial charge in [0, 0.05) is 24.6 Å². The Kier molecular flexibility index (Phi) is 7.57. The Morgan fingerprint density at radius 2 is 2.08 bits per heavy atom. The van der Waals surface area contributed by atoms with E-state index in [1.807, 2.05) is 32.2 Å². The van der Waals surface area contributed by atoms with Gasteiger partial charge in [0.25, 0.3) is 5.97 Å². The number of benzene rings is 1. The zero-order valence-electron chi connectivity index (χ0n) is 14.6. The van der Waals surface area contributed by atoms with Crippen LogP contribution in [-0.4, -0.2) is 40.6 Å². The van der Waals surface area contributed by atoms with Crippen LogP contribution >= 0.6 is 11.8 Å². The van der Waals surface area contributed by atoms with Gasteiger partial charge < -0.3 is 20.9 Å². The van der Waals surface area contributed by atoms with E-state index >= 15 is 0 Å². The molecule has 1 aliphatic heterocycles. The predicted octanol–water partition coefficient (Wildman–Crippen LogP) is 1.80. The average Bonchev–Trinajstić information content (AvgIpc) is 2.98. The lowest BCUT2D eigenvalue weighted by Gasteiger charge is -2.28. The highest BCUT2D eigenvalue weighted by Crippen LogP contribution is 2.26. The SMILES string of the molecule is CC(=O)O.CSC(C)(C)[C@H](N)C(=O)NCc1ccc2c(c1)CCO2. The summed E-state index contributed by atoms with van der Waals surface area (Å²) < 4.78 is 5.20. The highest BCUT2D eigenvalue weighted by atomic mass is 32.2. The summed E-state index contributed by atoms with van der Waals surface area (Å²) in [6.07, 6.45) is 2.91. The molecule has 7 heteroatoms. The van der Waals surface area contributed by atoms with Gasteiger partial charge >= 0.3 is 0 Å². The van der Waals surface area contributed by atoms with Crippen LogP contribution < -0.4 is 15.8 Å². The van der Waals surface area contributed by atoms with E-state index in [1.54, 1.807) is 11.8 Å². The number of hydrogen-bond donors (Lipinski definition) is 3. The maximum atomic E-state index is 12.1. The maximum Gasteiger partial charge on any atom is 0.300 e. The van der Waals surface area contributed by atoms with Gasteiger partial charge in [-0.3, -0.25) is 9.59 Å². The van der Waals surface area contributed by atoms with Crippen LogP contribution in [0.4, 0.5) is 0 Å². The van der Waals surface area contributed by atoms with Gasteiger partial charge in [-0.1, -0.05) is 12.1 Å². The Hall–Kier alpha value is -1.73. The zero-order chi connectivity index (χ0) is 18.3. The third-order valence-corrected chi connectivity index (χ3v) is 5.08. The third kappa shape index (κ3) is 6.05. The number of amides is 1. The minimum absolute atomic E-state index is 0.110. The van der Waals surface area contributed by atoms with Gasteiger partial charge in [-0.05, 0) is 37.3 Å². The summed E-state index contributed by atoms with van der Waals surface area (Å²) in [6, 6.07) is 5.52. The van der Waals surface area contributed by atoms with Crippen molar-refractivity contribution >= 4 is 23.6 Å². The third-order valence-electron chi connectivity index (χ3n) is 3.78. The average molecular weight is 354 g/mol. The van der Waals surface area contributed by atoms with Gasteiger partial charge in [0.2, 0.25) is 5.91 Å². The van der Waals surface area contributed by atoms with Crippen LogP contribution in [0.15, 0.2) is 18.2 Å². The number of fused-ring (bicyclic) bond motifs is 1. The smallest absolute Gasteiger partial charge is 0.300 e. The Morgan fingerprint density at radius 3 is 2.67 bits per heavy atom. The van der Waals surface area contributed by atoms with E-state index in [4.69, 9.17) is 20.4 Å². The molecule has 1 atom stereocenters. The number of carbonyl (C=O) groups is 2. The molecule has 0 unspecified atom stereocenters. The highest BCUT2D eigenvalue weighted by Gasteiger charge is 2.31. The van der Waals surface area contributed by atoms with Crippen molar-refractivity contribution in [2.45, 2.75) is 44.5 Å². The molecular weight excluding hydrogens is 328 g/mol. The quantitative estimate of drug-likeness (QED) is 0.745. The lowest BCUT2D eigenvalue weighted by molar-refractivity contribution is -0.134. The molecule has 0 saturated heterocycles. The minimum atomic E-state index is -0.833. The highest BCUT2D eigenvalue weighted by molar-refractivity contribution is 8.00. The fourth-order valence-corrected chi connectivity index (χ4v) is 2.45. The van der Waals surface area contributed by atoms with Crippen molar-refractivity contribution in [1.82, 2.24) is 5.32 Å². The number of rotatable bonds is 5. The Labute approximate surface area is 147 Å². The lowest BCUT2D eigenvalue weighted by Crippen LogP contribution is -2.51. The van der Waals surface area contributed by atoms with Crippen LogP contribution in [0.5, 0.6) is 5.75 Å². The number of nitrogens with one attached hydrogen (secondary N) is 1. The molecule has 0 saturated carbocycles. The van der Waals surface area contributed by atoms with Crippen molar-refractivity contribution in [3.05, 3.63) is 29.3 Å². The summed E-state index contributed by atoms with van der Waals surface area (Å²) in [5.41, 5.74) is 8.30. The topological polar surface area (TPSA) is 102 Å². The second-order valence-corrected chi connectivity index (χ2v) is 7.52. The summed E-state index contributed by atoms with van der Waals surface area (Å²) in [6.45, 7) is 6.30. The number of carboxylic acids is 1. The van der Waals surface area contributed by atoms with Gasteiger partial charge in [0.15, 0.2) is 0 Å². The summed E-state index contributed by atoms with van der Waals surface area (Å²) in [5, 5.41) is 10.3. The first kappa shape index (κ1) is 20.3. The second kappa shape index (κ2) is 8.94. The molecule has 1 aromatic rings. The van der Waals surface area contributed by atoms with E-state index in [2.05, 4.69) is 11.4 Å². The van der Waals surface area contributed by atoms with Crippen LogP contribution in [0.2, 0.25) is 0 Å². The molecule has 0 fully saturated rings. The van der Waals surface area contributed by atoms with Crippen LogP contribution in [0.1, 0.15) is 31.9 Å².